The molecule has 1 amide bonds. The number of nitrogens with zero attached hydrogens (tertiary/aromatic N) is 1. The molecule has 1 aromatic heterocycles. The molecule has 0 radical (unpaired) electrons. The summed E-state index contributed by atoms with van der Waals surface area (Å²) in [6, 6.07) is 2.82. The Kier molecular flexibility index (Phi) is 5.01. The van der Waals surface area contributed by atoms with Gasteiger partial charge in [0.15, 0.2) is 0 Å². The smallest absolute Gasteiger partial charge is 0.242 e. The van der Waals surface area contributed by atoms with Crippen molar-refractivity contribution in [3.63, 3.8) is 0 Å². The fourth-order valence-corrected chi connectivity index (χ4v) is 2.11. The second-order valence-electron chi connectivity index (χ2n) is 3.40. The van der Waals surface area contributed by atoms with E-state index in [-0.39, 0.29) is 23.9 Å². The van der Waals surface area contributed by atoms with Gasteiger partial charge in [-0.05, 0) is 12.1 Å². The molecule has 1 aromatic rings. The fourth-order valence-electron chi connectivity index (χ4n) is 1.13. The quantitative estimate of drug-likeness (QED) is 0.292. The van der Waals surface area contributed by atoms with E-state index in [9.17, 15) is 13.2 Å². The first-order valence-corrected chi connectivity index (χ1v) is 6.61. The zero-order chi connectivity index (χ0) is 13.6. The molecular weight excluding hydrogens is 258 g/mol. The molecule has 0 aliphatic carbocycles. The van der Waals surface area contributed by atoms with Gasteiger partial charge >= 0.3 is 0 Å². The Balaban J connectivity index is 2.59. The third kappa shape index (κ3) is 4.28. The van der Waals surface area contributed by atoms with E-state index in [0.717, 1.165) is 0 Å². The first-order chi connectivity index (χ1) is 8.45. The largest absolute Gasteiger partial charge is 0.355 e. The van der Waals surface area contributed by atoms with Crippen molar-refractivity contribution < 1.29 is 13.2 Å². The molecule has 0 atom stereocenters. The maximum absolute atomic E-state index is 11.8. The van der Waals surface area contributed by atoms with Crippen molar-refractivity contribution in [1.82, 2.24) is 15.0 Å². The highest BCUT2D eigenvalue weighted by molar-refractivity contribution is 7.89. The zero-order valence-corrected chi connectivity index (χ0v) is 10.6. The number of pyridine rings is 1. The predicted molar refractivity (Wildman–Crippen MR) is 65.9 cm³/mol. The van der Waals surface area contributed by atoms with Crippen molar-refractivity contribution in [2.75, 3.05) is 18.5 Å². The third-order valence-electron chi connectivity index (χ3n) is 1.99. The first-order valence-electron chi connectivity index (χ1n) is 5.12. The number of hydrazine groups is 1. The van der Waals surface area contributed by atoms with Crippen LogP contribution in [-0.4, -0.2) is 32.4 Å². The molecule has 0 unspecified atom stereocenters. The molecule has 5 N–H and O–H groups in total. The van der Waals surface area contributed by atoms with Crippen LogP contribution in [0.5, 0.6) is 0 Å². The van der Waals surface area contributed by atoms with Crippen LogP contribution in [0.1, 0.15) is 6.92 Å². The van der Waals surface area contributed by atoms with Crippen molar-refractivity contribution in [1.29, 1.82) is 0 Å². The highest BCUT2D eigenvalue weighted by Gasteiger charge is 2.13. The first kappa shape index (κ1) is 14.4. The van der Waals surface area contributed by atoms with Gasteiger partial charge in [-0.15, -0.1) is 0 Å². The normalized spacial score (nSPS) is 11.0. The summed E-state index contributed by atoms with van der Waals surface area (Å²) in [5.41, 5.74) is 2.30. The molecule has 1 rings (SSSR count). The third-order valence-corrected chi connectivity index (χ3v) is 3.43. The van der Waals surface area contributed by atoms with Crippen molar-refractivity contribution in [3.8, 4) is 0 Å². The lowest BCUT2D eigenvalue weighted by Gasteiger charge is -2.07. The average Bonchev–Trinajstić information content (AvgIpc) is 2.34. The number of hydrogen-bond acceptors (Lipinski definition) is 6. The topological polar surface area (TPSA) is 126 Å². The van der Waals surface area contributed by atoms with Gasteiger partial charge in [0.2, 0.25) is 15.9 Å². The van der Waals surface area contributed by atoms with Gasteiger partial charge in [0, 0.05) is 26.2 Å². The van der Waals surface area contributed by atoms with Gasteiger partial charge in [-0.3, -0.25) is 4.79 Å². The average molecular weight is 273 g/mol. The molecular formula is C9H15N5O3S. The molecule has 9 heteroatoms. The van der Waals surface area contributed by atoms with E-state index in [4.69, 9.17) is 5.84 Å². The van der Waals surface area contributed by atoms with Crippen LogP contribution in [0, 0.1) is 0 Å². The highest BCUT2D eigenvalue weighted by Crippen LogP contribution is 2.09. The molecule has 0 fully saturated rings. The molecule has 0 saturated carbocycles. The van der Waals surface area contributed by atoms with Crippen LogP contribution >= 0.6 is 0 Å². The number of rotatable bonds is 6. The van der Waals surface area contributed by atoms with E-state index in [2.05, 4.69) is 20.4 Å². The second-order valence-corrected chi connectivity index (χ2v) is 5.17. The number of nitrogen functional groups attached to an aromatic ring is 1. The standard InChI is InChI=1S/C9H15N5O3S/c1-7(15)11-4-5-13-18(16,17)8-2-3-9(14-10)12-6-8/h2-3,6,13H,4-5,10H2,1H3,(H,11,15)(H,12,14). The Bertz CT molecular complexity index is 499. The molecule has 0 saturated heterocycles. The van der Waals surface area contributed by atoms with E-state index in [1.54, 1.807) is 0 Å². The van der Waals surface area contributed by atoms with Crippen molar-refractivity contribution in [2.24, 2.45) is 5.84 Å². The summed E-state index contributed by atoms with van der Waals surface area (Å²) in [5, 5.41) is 2.48. The predicted octanol–water partition coefficient (Wildman–Crippen LogP) is -1.22. The number of hydrogen-bond donors (Lipinski definition) is 4. The lowest BCUT2D eigenvalue weighted by atomic mass is 10.5. The lowest BCUT2D eigenvalue weighted by molar-refractivity contribution is -0.118. The number of carbonyl (C=O) groups excluding carboxylic acids is 1. The van der Waals surface area contributed by atoms with E-state index in [1.165, 1.54) is 25.3 Å². The monoisotopic (exact) mass is 273 g/mol. The van der Waals surface area contributed by atoms with Crippen molar-refractivity contribution in [2.45, 2.75) is 11.8 Å². The molecule has 0 aliphatic rings. The lowest BCUT2D eigenvalue weighted by Crippen LogP contribution is -2.33. The molecule has 1 heterocycles. The zero-order valence-electron chi connectivity index (χ0n) is 9.80. The Labute approximate surface area is 105 Å². The van der Waals surface area contributed by atoms with Crippen LogP contribution in [0.3, 0.4) is 0 Å². The second kappa shape index (κ2) is 6.28. The summed E-state index contributed by atoms with van der Waals surface area (Å²) in [4.78, 5) is 14.4. The molecule has 0 bridgehead atoms. The number of carbonyl (C=O) groups is 1. The summed E-state index contributed by atoms with van der Waals surface area (Å²) in [6.07, 6.45) is 1.19. The van der Waals surface area contributed by atoms with Crippen LogP contribution in [0.15, 0.2) is 23.2 Å². The van der Waals surface area contributed by atoms with Crippen LogP contribution in [-0.2, 0) is 14.8 Å². The Morgan fingerprint density at radius 1 is 1.39 bits per heavy atom. The summed E-state index contributed by atoms with van der Waals surface area (Å²) < 4.78 is 25.9. The van der Waals surface area contributed by atoms with Gasteiger partial charge in [-0.25, -0.2) is 24.0 Å². The summed E-state index contributed by atoms with van der Waals surface area (Å²) in [7, 11) is -3.62. The van der Waals surface area contributed by atoms with E-state index < -0.39 is 10.0 Å². The number of nitrogens with one attached hydrogen (secondary N) is 3. The van der Waals surface area contributed by atoms with Gasteiger partial charge < -0.3 is 10.7 Å². The molecule has 18 heavy (non-hydrogen) atoms. The van der Waals surface area contributed by atoms with Crippen LogP contribution in [0.25, 0.3) is 0 Å². The van der Waals surface area contributed by atoms with Gasteiger partial charge in [-0.2, -0.15) is 0 Å². The number of sulfonamides is 1. The van der Waals surface area contributed by atoms with Crippen LogP contribution < -0.4 is 21.3 Å². The molecule has 0 aliphatic heterocycles. The Hall–Kier alpha value is -1.71. The minimum absolute atomic E-state index is 0.0318. The number of aromatic nitrogens is 1. The van der Waals surface area contributed by atoms with Gasteiger partial charge in [0.25, 0.3) is 0 Å². The Morgan fingerprint density at radius 3 is 2.61 bits per heavy atom. The molecule has 100 valence electrons. The molecule has 0 spiro atoms. The molecule has 0 aromatic carbocycles. The Morgan fingerprint density at radius 2 is 2.11 bits per heavy atom. The van der Waals surface area contributed by atoms with E-state index in [1.807, 2.05) is 0 Å². The van der Waals surface area contributed by atoms with E-state index in [0.29, 0.717) is 5.82 Å². The summed E-state index contributed by atoms with van der Waals surface area (Å²) in [5.74, 6) is 5.27. The number of amides is 1. The van der Waals surface area contributed by atoms with Crippen LogP contribution in [0.2, 0.25) is 0 Å². The minimum atomic E-state index is -3.62. The minimum Gasteiger partial charge on any atom is -0.355 e. The van der Waals surface area contributed by atoms with Crippen molar-refractivity contribution >= 4 is 21.7 Å². The maximum atomic E-state index is 11.8. The number of anilines is 1. The number of nitrogens with two attached hydrogens (primary N) is 1. The maximum Gasteiger partial charge on any atom is 0.242 e. The van der Waals surface area contributed by atoms with Crippen molar-refractivity contribution in [3.05, 3.63) is 18.3 Å². The molecule has 8 nitrogen and oxygen atoms in total. The van der Waals surface area contributed by atoms with E-state index >= 15 is 0 Å². The fraction of sp³-hybridized carbons (Fsp3) is 0.333. The SMILES string of the molecule is CC(=O)NCCNS(=O)(=O)c1ccc(NN)nc1. The van der Waals surface area contributed by atoms with Gasteiger partial charge in [-0.1, -0.05) is 0 Å². The summed E-state index contributed by atoms with van der Waals surface area (Å²) >= 11 is 0. The summed E-state index contributed by atoms with van der Waals surface area (Å²) in [6.45, 7) is 1.69. The van der Waals surface area contributed by atoms with Crippen LogP contribution in [0.4, 0.5) is 5.82 Å². The van der Waals surface area contributed by atoms with Gasteiger partial charge in [0.1, 0.15) is 10.7 Å². The van der Waals surface area contributed by atoms with Gasteiger partial charge in [0.05, 0.1) is 0 Å². The highest BCUT2D eigenvalue weighted by atomic mass is 32.2.